The lowest BCUT2D eigenvalue weighted by Crippen LogP contribution is -2.44. The van der Waals surface area contributed by atoms with Crippen LogP contribution < -0.4 is 16.6 Å². The van der Waals surface area contributed by atoms with Gasteiger partial charge in [0.05, 0.1) is 22.8 Å². The maximum absolute atomic E-state index is 13.0. The summed E-state index contributed by atoms with van der Waals surface area (Å²) in [5, 5.41) is 3.68. The predicted molar refractivity (Wildman–Crippen MR) is 101 cm³/mol. The fourth-order valence-corrected chi connectivity index (χ4v) is 3.83. The second-order valence-corrected chi connectivity index (χ2v) is 7.08. The van der Waals surface area contributed by atoms with E-state index in [1.54, 1.807) is 28.8 Å². The van der Waals surface area contributed by atoms with E-state index in [0.29, 0.717) is 34.2 Å². The first kappa shape index (κ1) is 17.6. The third kappa shape index (κ3) is 2.61. The lowest BCUT2D eigenvalue weighted by Gasteiger charge is -2.29. The number of cyclic esters (lactones) is 1. The van der Waals surface area contributed by atoms with E-state index < -0.39 is 23.1 Å². The number of carbonyl (C=O) groups excluding carboxylic acids is 1. The topological polar surface area (TPSA) is 82.3 Å². The highest BCUT2D eigenvalue weighted by atomic mass is 35.5. The first-order valence-corrected chi connectivity index (χ1v) is 9.08. The zero-order chi connectivity index (χ0) is 19.3. The zero-order valence-electron chi connectivity index (χ0n) is 14.9. The largest absolute Gasteiger partial charge is 0.456 e. The third-order valence-corrected chi connectivity index (χ3v) is 5.22. The summed E-state index contributed by atoms with van der Waals surface area (Å²) >= 11 is 6.01. The number of benzene rings is 1. The molecule has 3 heterocycles. The van der Waals surface area contributed by atoms with Crippen LogP contribution in [-0.2, 0) is 23.1 Å². The molecule has 2 aliphatic rings. The smallest absolute Gasteiger partial charge is 0.337 e. The average Bonchev–Trinajstić information content (AvgIpc) is 3.03. The van der Waals surface area contributed by atoms with E-state index in [1.807, 2.05) is 6.92 Å². The molecule has 4 rings (SSSR count). The summed E-state index contributed by atoms with van der Waals surface area (Å²) in [7, 11) is 1.45. The van der Waals surface area contributed by atoms with Gasteiger partial charge in [-0.15, -0.1) is 0 Å². The van der Waals surface area contributed by atoms with Crippen LogP contribution in [-0.4, -0.2) is 21.7 Å². The van der Waals surface area contributed by atoms with Crippen LogP contribution in [0.1, 0.15) is 30.4 Å². The van der Waals surface area contributed by atoms with Gasteiger partial charge >= 0.3 is 11.7 Å². The van der Waals surface area contributed by atoms with E-state index in [9.17, 15) is 14.4 Å². The number of esters is 1. The van der Waals surface area contributed by atoms with Crippen molar-refractivity contribution < 1.29 is 9.53 Å². The Morgan fingerprint density at radius 2 is 1.93 bits per heavy atom. The Bertz CT molecular complexity index is 1100. The Labute approximate surface area is 159 Å². The van der Waals surface area contributed by atoms with Gasteiger partial charge in [-0.3, -0.25) is 13.9 Å². The van der Waals surface area contributed by atoms with Crippen molar-refractivity contribution in [1.29, 1.82) is 0 Å². The first-order valence-electron chi connectivity index (χ1n) is 8.70. The third-order valence-electron chi connectivity index (χ3n) is 4.97. The van der Waals surface area contributed by atoms with E-state index in [2.05, 4.69) is 5.32 Å². The molecule has 0 aliphatic carbocycles. The number of nitrogens with one attached hydrogen (secondary N) is 1. The predicted octanol–water partition coefficient (Wildman–Crippen LogP) is 1.98. The van der Waals surface area contributed by atoms with Crippen LogP contribution in [0, 0.1) is 0 Å². The van der Waals surface area contributed by atoms with Crippen molar-refractivity contribution in [3.63, 3.8) is 0 Å². The summed E-state index contributed by atoms with van der Waals surface area (Å²) in [5.74, 6) is -0.647. The van der Waals surface area contributed by atoms with Gasteiger partial charge in [0.25, 0.3) is 5.56 Å². The molecule has 0 saturated carbocycles. The number of hydrogen-bond donors (Lipinski definition) is 1. The SMILES string of the molecule is CCCn1c2c(c(=O)n(C)c1=O)[C@H](c1ccc(Cl)cc1)C1=C(COC1=O)N2. The molecule has 0 bridgehead atoms. The highest BCUT2D eigenvalue weighted by molar-refractivity contribution is 6.30. The number of carbonyl (C=O) groups is 1. The van der Waals surface area contributed by atoms with Crippen molar-refractivity contribution in [3.8, 4) is 0 Å². The molecular formula is C19H18ClN3O4. The lowest BCUT2D eigenvalue weighted by molar-refractivity contribution is -0.136. The van der Waals surface area contributed by atoms with Crippen LogP contribution in [0.15, 0.2) is 45.1 Å². The summed E-state index contributed by atoms with van der Waals surface area (Å²) in [6.07, 6.45) is 0.721. The molecule has 0 amide bonds. The van der Waals surface area contributed by atoms with Crippen LogP contribution >= 0.6 is 11.6 Å². The fraction of sp³-hybridized carbons (Fsp3) is 0.316. The maximum Gasteiger partial charge on any atom is 0.337 e. The normalized spacial score (nSPS) is 18.0. The maximum atomic E-state index is 13.0. The van der Waals surface area contributed by atoms with Crippen LogP contribution in [0.4, 0.5) is 5.82 Å². The highest BCUT2D eigenvalue weighted by Gasteiger charge is 2.41. The summed E-state index contributed by atoms with van der Waals surface area (Å²) in [6, 6.07) is 7.00. The van der Waals surface area contributed by atoms with E-state index in [0.717, 1.165) is 16.6 Å². The molecule has 0 spiro atoms. The Morgan fingerprint density at radius 3 is 2.59 bits per heavy atom. The Kier molecular flexibility index (Phi) is 4.19. The summed E-state index contributed by atoms with van der Waals surface area (Å²) in [6.45, 7) is 2.50. The number of rotatable bonds is 3. The molecular weight excluding hydrogens is 370 g/mol. The second kappa shape index (κ2) is 6.42. The van der Waals surface area contributed by atoms with Crippen molar-refractivity contribution in [2.75, 3.05) is 11.9 Å². The van der Waals surface area contributed by atoms with Gasteiger partial charge in [0.15, 0.2) is 0 Å². The second-order valence-electron chi connectivity index (χ2n) is 6.64. The van der Waals surface area contributed by atoms with Gasteiger partial charge in [-0.25, -0.2) is 9.59 Å². The first-order chi connectivity index (χ1) is 12.9. The van der Waals surface area contributed by atoms with Crippen LogP contribution in [0.25, 0.3) is 0 Å². The van der Waals surface area contributed by atoms with Crippen LogP contribution in [0.5, 0.6) is 0 Å². The van der Waals surface area contributed by atoms with E-state index in [1.165, 1.54) is 7.05 Å². The van der Waals surface area contributed by atoms with Gasteiger partial charge in [-0.05, 0) is 24.1 Å². The fourth-order valence-electron chi connectivity index (χ4n) is 3.70. The number of aromatic nitrogens is 2. The van der Waals surface area contributed by atoms with Gasteiger partial charge in [-0.2, -0.15) is 0 Å². The number of hydrogen-bond acceptors (Lipinski definition) is 5. The molecule has 0 unspecified atom stereocenters. The molecule has 1 N–H and O–H groups in total. The lowest BCUT2D eigenvalue weighted by atomic mass is 9.82. The van der Waals surface area contributed by atoms with Crippen LogP contribution in [0.3, 0.4) is 0 Å². The van der Waals surface area contributed by atoms with Crippen molar-refractivity contribution >= 4 is 23.4 Å². The standard InChI is InChI=1S/C19H18ClN3O4/c1-3-8-23-16-15(17(24)22(2)19(23)26)13(10-4-6-11(20)7-5-10)14-12(21-16)9-27-18(14)25/h4-7,13,21H,3,8-9H2,1-2H3/t13-/m1/s1. The molecule has 27 heavy (non-hydrogen) atoms. The Hall–Kier alpha value is -2.80. The minimum Gasteiger partial charge on any atom is -0.456 e. The quantitative estimate of drug-likeness (QED) is 0.814. The number of ether oxygens (including phenoxy) is 1. The zero-order valence-corrected chi connectivity index (χ0v) is 15.7. The minimum atomic E-state index is -0.620. The van der Waals surface area contributed by atoms with E-state index in [4.69, 9.17) is 16.3 Å². The summed E-state index contributed by atoms with van der Waals surface area (Å²) < 4.78 is 7.85. The number of nitrogens with zero attached hydrogens (tertiary/aromatic N) is 2. The molecule has 8 heteroatoms. The monoisotopic (exact) mass is 387 g/mol. The molecule has 2 aliphatic heterocycles. The van der Waals surface area contributed by atoms with Gasteiger partial charge < -0.3 is 10.1 Å². The van der Waals surface area contributed by atoms with Crippen molar-refractivity contribution in [3.05, 3.63) is 72.5 Å². The van der Waals surface area contributed by atoms with Crippen molar-refractivity contribution in [2.45, 2.75) is 25.8 Å². The van der Waals surface area contributed by atoms with Gasteiger partial charge in [0, 0.05) is 18.6 Å². The van der Waals surface area contributed by atoms with E-state index in [-0.39, 0.29) is 6.61 Å². The number of halogens is 1. The molecule has 0 radical (unpaired) electrons. The van der Waals surface area contributed by atoms with Gasteiger partial charge in [-0.1, -0.05) is 30.7 Å². The van der Waals surface area contributed by atoms with Crippen molar-refractivity contribution in [1.82, 2.24) is 9.13 Å². The van der Waals surface area contributed by atoms with Crippen LogP contribution in [0.2, 0.25) is 5.02 Å². The molecule has 1 atom stereocenters. The number of anilines is 1. The average molecular weight is 388 g/mol. The molecule has 2 aromatic rings. The Balaban J connectivity index is 2.06. The summed E-state index contributed by atoms with van der Waals surface area (Å²) in [4.78, 5) is 38.1. The van der Waals surface area contributed by atoms with Gasteiger partial charge in [0.1, 0.15) is 12.4 Å². The summed E-state index contributed by atoms with van der Waals surface area (Å²) in [5.41, 5.74) is 1.28. The van der Waals surface area contributed by atoms with Crippen molar-refractivity contribution in [2.24, 2.45) is 7.05 Å². The molecule has 0 fully saturated rings. The molecule has 140 valence electrons. The molecule has 1 aromatic carbocycles. The van der Waals surface area contributed by atoms with Gasteiger partial charge in [0.2, 0.25) is 0 Å². The minimum absolute atomic E-state index is 0.0905. The highest BCUT2D eigenvalue weighted by Crippen LogP contribution is 2.42. The Morgan fingerprint density at radius 1 is 1.22 bits per heavy atom. The number of fused-ring (bicyclic) bond motifs is 1. The molecule has 1 aromatic heterocycles. The molecule has 7 nitrogen and oxygen atoms in total. The van der Waals surface area contributed by atoms with E-state index >= 15 is 0 Å². The molecule has 0 saturated heterocycles.